The predicted molar refractivity (Wildman–Crippen MR) is 98.8 cm³/mol. The molecule has 0 aliphatic rings. The molecule has 2 aromatic rings. The Morgan fingerprint density at radius 2 is 1.96 bits per heavy atom. The third kappa shape index (κ3) is 4.92. The molecule has 0 unspecified atom stereocenters. The zero-order valence-corrected chi connectivity index (χ0v) is 15.7. The molecule has 0 atom stereocenters. The Morgan fingerprint density at radius 1 is 1.20 bits per heavy atom. The number of carbonyl (C=O) groups is 2. The van der Waals surface area contributed by atoms with Crippen molar-refractivity contribution in [3.8, 4) is 0 Å². The summed E-state index contributed by atoms with van der Waals surface area (Å²) in [5.41, 5.74) is 8.20. The summed E-state index contributed by atoms with van der Waals surface area (Å²) in [4.78, 5) is 23.5. The number of primary amides is 1. The number of carbonyl (C=O) groups excluding carboxylic acids is 2. The Labute approximate surface area is 152 Å². The van der Waals surface area contributed by atoms with E-state index in [1.807, 2.05) is 23.7 Å². The van der Waals surface area contributed by atoms with Crippen LogP contribution in [0.2, 0.25) is 0 Å². The highest BCUT2D eigenvalue weighted by atomic mass is 32.2. The lowest BCUT2D eigenvalue weighted by Crippen LogP contribution is -2.13. The molecule has 2 rings (SSSR count). The molecular weight excluding hydrogens is 336 g/mol. The highest BCUT2D eigenvalue weighted by molar-refractivity contribution is 7.99. The van der Waals surface area contributed by atoms with Gasteiger partial charge < -0.3 is 10.3 Å². The Morgan fingerprint density at radius 3 is 2.60 bits per heavy atom. The number of amides is 1. The van der Waals surface area contributed by atoms with Gasteiger partial charge >= 0.3 is 0 Å². The molecule has 0 radical (unpaired) electrons. The first-order valence-corrected chi connectivity index (χ1v) is 9.39. The second-order valence-electron chi connectivity index (χ2n) is 5.83. The second-order valence-corrected chi connectivity index (χ2v) is 6.78. The standard InChI is InChI=1S/C18H24N4O2S/c1-4-12-6-7-13(5-2)14(10-12)15(23)11-25-18-21-20-17(22(18)3)9-8-16(19)24/h6-7,10H,4-5,8-9,11H2,1-3H3,(H2,19,24). The van der Waals surface area contributed by atoms with Crippen LogP contribution in [0.3, 0.4) is 0 Å². The molecule has 0 saturated carbocycles. The summed E-state index contributed by atoms with van der Waals surface area (Å²) in [6.07, 6.45) is 2.42. The quantitative estimate of drug-likeness (QED) is 0.547. The van der Waals surface area contributed by atoms with Crippen molar-refractivity contribution in [3.63, 3.8) is 0 Å². The van der Waals surface area contributed by atoms with Gasteiger partial charge in [0.1, 0.15) is 5.82 Å². The van der Waals surface area contributed by atoms with Crippen molar-refractivity contribution in [2.75, 3.05) is 5.75 Å². The third-order valence-corrected chi connectivity index (χ3v) is 5.14. The van der Waals surface area contributed by atoms with Crippen LogP contribution in [0.1, 0.15) is 47.6 Å². The number of nitrogens with two attached hydrogens (primary N) is 1. The van der Waals surface area contributed by atoms with E-state index in [-0.39, 0.29) is 18.1 Å². The molecule has 1 amide bonds. The maximum absolute atomic E-state index is 12.7. The fourth-order valence-corrected chi connectivity index (χ4v) is 3.36. The number of aromatic nitrogens is 3. The fraction of sp³-hybridized carbons (Fsp3) is 0.444. The van der Waals surface area contributed by atoms with Gasteiger partial charge in [-0.15, -0.1) is 10.2 Å². The monoisotopic (exact) mass is 360 g/mol. The van der Waals surface area contributed by atoms with Crippen molar-refractivity contribution >= 4 is 23.5 Å². The molecule has 6 nitrogen and oxygen atoms in total. The van der Waals surface area contributed by atoms with Gasteiger partial charge in [-0.1, -0.05) is 37.7 Å². The summed E-state index contributed by atoms with van der Waals surface area (Å²) in [7, 11) is 1.83. The Kier molecular flexibility index (Phi) is 6.75. The molecule has 1 aromatic carbocycles. The molecule has 0 spiro atoms. The summed E-state index contributed by atoms with van der Waals surface area (Å²) in [5.74, 6) is 0.729. The maximum atomic E-state index is 12.7. The lowest BCUT2D eigenvalue weighted by Gasteiger charge is -2.09. The van der Waals surface area contributed by atoms with Crippen molar-refractivity contribution in [2.24, 2.45) is 12.8 Å². The average Bonchev–Trinajstić information content (AvgIpc) is 2.97. The number of hydrogen-bond donors (Lipinski definition) is 1. The molecule has 0 bridgehead atoms. The number of thioether (sulfide) groups is 1. The number of rotatable bonds is 9. The zero-order chi connectivity index (χ0) is 18.4. The normalized spacial score (nSPS) is 10.8. The van der Waals surface area contributed by atoms with Crippen molar-refractivity contribution in [1.82, 2.24) is 14.8 Å². The molecular formula is C18H24N4O2S. The van der Waals surface area contributed by atoms with Gasteiger partial charge in [0.2, 0.25) is 5.91 Å². The summed E-state index contributed by atoms with van der Waals surface area (Å²) < 4.78 is 1.81. The molecule has 0 aliphatic carbocycles. The number of nitrogens with zero attached hydrogens (tertiary/aromatic N) is 3. The first-order chi connectivity index (χ1) is 12.0. The minimum atomic E-state index is -0.365. The van der Waals surface area contributed by atoms with Crippen LogP contribution in [-0.4, -0.2) is 32.2 Å². The first-order valence-electron chi connectivity index (χ1n) is 8.40. The van der Waals surface area contributed by atoms with E-state index in [1.165, 1.54) is 11.8 Å². The van der Waals surface area contributed by atoms with Crippen molar-refractivity contribution in [3.05, 3.63) is 40.7 Å². The van der Waals surface area contributed by atoms with Gasteiger partial charge in [-0.05, 0) is 30.0 Å². The van der Waals surface area contributed by atoms with Crippen LogP contribution in [0.5, 0.6) is 0 Å². The molecule has 134 valence electrons. The molecule has 25 heavy (non-hydrogen) atoms. The zero-order valence-electron chi connectivity index (χ0n) is 14.9. The molecule has 0 fully saturated rings. The maximum Gasteiger partial charge on any atom is 0.217 e. The summed E-state index contributed by atoms with van der Waals surface area (Å²) in [6, 6.07) is 6.12. The molecule has 1 aromatic heterocycles. The van der Waals surface area contributed by atoms with Crippen molar-refractivity contribution in [2.45, 2.75) is 44.7 Å². The van der Waals surface area contributed by atoms with E-state index in [0.29, 0.717) is 23.2 Å². The molecule has 0 aliphatic heterocycles. The fourth-order valence-electron chi connectivity index (χ4n) is 2.54. The van der Waals surface area contributed by atoms with Gasteiger partial charge in [-0.3, -0.25) is 9.59 Å². The van der Waals surface area contributed by atoms with Gasteiger partial charge in [0.25, 0.3) is 0 Å². The topological polar surface area (TPSA) is 90.9 Å². The highest BCUT2D eigenvalue weighted by Crippen LogP contribution is 2.21. The summed E-state index contributed by atoms with van der Waals surface area (Å²) in [5, 5.41) is 8.84. The Bertz CT molecular complexity index is 770. The molecule has 7 heteroatoms. The second kappa shape index (κ2) is 8.80. The minimum Gasteiger partial charge on any atom is -0.370 e. The third-order valence-electron chi connectivity index (χ3n) is 4.12. The van der Waals surface area contributed by atoms with Crippen molar-refractivity contribution < 1.29 is 9.59 Å². The first kappa shape index (κ1) is 19.2. The van der Waals surface area contributed by atoms with Crippen LogP contribution < -0.4 is 5.73 Å². The molecule has 2 N–H and O–H groups in total. The van der Waals surface area contributed by atoms with E-state index >= 15 is 0 Å². The van der Waals surface area contributed by atoms with Gasteiger partial charge in [0.15, 0.2) is 10.9 Å². The largest absolute Gasteiger partial charge is 0.370 e. The SMILES string of the molecule is CCc1ccc(CC)c(C(=O)CSc2nnc(CCC(N)=O)n2C)c1. The van der Waals surface area contributed by atoms with Gasteiger partial charge in [0.05, 0.1) is 5.75 Å². The van der Waals surface area contributed by atoms with Crippen molar-refractivity contribution in [1.29, 1.82) is 0 Å². The number of aryl methyl sites for hydroxylation is 3. The highest BCUT2D eigenvalue weighted by Gasteiger charge is 2.15. The summed E-state index contributed by atoms with van der Waals surface area (Å²) in [6.45, 7) is 4.13. The van der Waals surface area contributed by atoms with E-state index in [0.717, 1.165) is 29.5 Å². The Hall–Kier alpha value is -2.15. The van der Waals surface area contributed by atoms with Gasteiger partial charge in [-0.2, -0.15) is 0 Å². The number of hydrogen-bond acceptors (Lipinski definition) is 5. The Balaban J connectivity index is 2.06. The average molecular weight is 360 g/mol. The lowest BCUT2D eigenvalue weighted by atomic mass is 9.98. The molecule has 1 heterocycles. The van der Waals surface area contributed by atoms with Crippen LogP contribution >= 0.6 is 11.8 Å². The van der Waals surface area contributed by atoms with Crippen LogP contribution in [0.4, 0.5) is 0 Å². The lowest BCUT2D eigenvalue weighted by molar-refractivity contribution is -0.118. The number of ketones is 1. The van der Waals surface area contributed by atoms with Gasteiger partial charge in [0, 0.05) is 25.5 Å². The van der Waals surface area contributed by atoms with E-state index < -0.39 is 0 Å². The smallest absolute Gasteiger partial charge is 0.217 e. The number of Topliss-reactive ketones (excluding diaryl/α,β-unsaturated/α-hetero) is 1. The van der Waals surface area contributed by atoms with E-state index in [2.05, 4.69) is 30.1 Å². The minimum absolute atomic E-state index is 0.0961. The van der Waals surface area contributed by atoms with E-state index in [1.54, 1.807) is 0 Å². The number of benzene rings is 1. The van der Waals surface area contributed by atoms with Gasteiger partial charge in [-0.25, -0.2) is 0 Å². The van der Waals surface area contributed by atoms with Crippen LogP contribution in [-0.2, 0) is 31.1 Å². The van der Waals surface area contributed by atoms with Crippen LogP contribution in [0.25, 0.3) is 0 Å². The predicted octanol–water partition coefficient (Wildman–Crippen LogP) is 2.33. The van der Waals surface area contributed by atoms with Crippen LogP contribution in [0.15, 0.2) is 23.4 Å². The molecule has 0 saturated heterocycles. The van der Waals surface area contributed by atoms with E-state index in [4.69, 9.17) is 5.73 Å². The summed E-state index contributed by atoms with van der Waals surface area (Å²) >= 11 is 1.36. The van der Waals surface area contributed by atoms with Crippen LogP contribution in [0, 0.1) is 0 Å². The van der Waals surface area contributed by atoms with E-state index in [9.17, 15) is 9.59 Å².